The maximum absolute atomic E-state index is 11.3. The highest BCUT2D eigenvalue weighted by Gasteiger charge is 2.24. The first-order chi connectivity index (χ1) is 14.0. The van der Waals surface area contributed by atoms with E-state index >= 15 is 0 Å². The van der Waals surface area contributed by atoms with Crippen LogP contribution in [-0.2, 0) is 0 Å². The Balaban J connectivity index is 1.47. The monoisotopic (exact) mass is 391 g/mol. The van der Waals surface area contributed by atoms with Crippen molar-refractivity contribution in [1.29, 1.82) is 0 Å². The van der Waals surface area contributed by atoms with Crippen molar-refractivity contribution in [3.05, 3.63) is 69.2 Å². The Labute approximate surface area is 168 Å². The summed E-state index contributed by atoms with van der Waals surface area (Å²) < 4.78 is 5.39. The molecule has 2 aromatic heterocycles. The number of aryl methyl sites for hydroxylation is 2. The standard InChI is InChI=1S/C21H21N5O3/c1-14-4-3-5-17(12-14)21-23-19(24-29-21)13-16-8-10-25(11-9-16)20-18(26(27)28)7-6-15(2)22-20/h3-7,12-13H,8-11H2,1-2H3. The molecule has 1 aliphatic heterocycles. The molecule has 0 saturated carbocycles. The molecule has 4 rings (SSSR count). The smallest absolute Gasteiger partial charge is 0.311 e. The van der Waals surface area contributed by atoms with Gasteiger partial charge >= 0.3 is 5.69 Å². The first-order valence-electron chi connectivity index (χ1n) is 9.47. The molecule has 0 amide bonds. The van der Waals surface area contributed by atoms with Crippen molar-refractivity contribution in [3.8, 4) is 11.5 Å². The fourth-order valence-corrected chi connectivity index (χ4v) is 3.43. The number of piperidine rings is 1. The Kier molecular flexibility index (Phi) is 5.07. The van der Waals surface area contributed by atoms with Crippen molar-refractivity contribution in [2.45, 2.75) is 26.7 Å². The van der Waals surface area contributed by atoms with E-state index in [9.17, 15) is 10.1 Å². The summed E-state index contributed by atoms with van der Waals surface area (Å²) in [5.41, 5.74) is 4.03. The van der Waals surface area contributed by atoms with Gasteiger partial charge in [0.25, 0.3) is 5.89 Å². The lowest BCUT2D eigenvalue weighted by atomic mass is 10.0. The molecule has 148 valence electrons. The van der Waals surface area contributed by atoms with E-state index in [1.54, 1.807) is 6.07 Å². The zero-order chi connectivity index (χ0) is 20.4. The molecule has 0 unspecified atom stereocenters. The SMILES string of the molecule is Cc1cccc(-c2nc(C=C3CCN(c4nc(C)ccc4[N+](=O)[O-])CC3)no2)c1. The molecule has 1 aliphatic rings. The Morgan fingerprint density at radius 3 is 2.66 bits per heavy atom. The van der Waals surface area contributed by atoms with Crippen LogP contribution in [0.5, 0.6) is 0 Å². The lowest BCUT2D eigenvalue weighted by Crippen LogP contribution is -2.32. The van der Waals surface area contributed by atoms with Gasteiger partial charge in [0.1, 0.15) is 0 Å². The van der Waals surface area contributed by atoms with Crippen LogP contribution in [0.3, 0.4) is 0 Å². The van der Waals surface area contributed by atoms with Gasteiger partial charge in [-0.3, -0.25) is 10.1 Å². The number of pyridine rings is 1. The summed E-state index contributed by atoms with van der Waals surface area (Å²) in [5.74, 6) is 1.48. The van der Waals surface area contributed by atoms with Crippen LogP contribution >= 0.6 is 0 Å². The van der Waals surface area contributed by atoms with Gasteiger partial charge < -0.3 is 9.42 Å². The first kappa shape index (κ1) is 18.8. The van der Waals surface area contributed by atoms with Crippen LogP contribution < -0.4 is 4.90 Å². The normalized spacial score (nSPS) is 14.1. The minimum absolute atomic E-state index is 0.0454. The van der Waals surface area contributed by atoms with E-state index in [1.165, 1.54) is 11.6 Å². The van der Waals surface area contributed by atoms with Crippen molar-refractivity contribution in [2.24, 2.45) is 0 Å². The summed E-state index contributed by atoms with van der Waals surface area (Å²) in [6, 6.07) is 11.1. The van der Waals surface area contributed by atoms with Gasteiger partial charge in [0.05, 0.1) is 4.92 Å². The molecule has 8 nitrogen and oxygen atoms in total. The molecule has 1 saturated heterocycles. The van der Waals surface area contributed by atoms with Crippen molar-refractivity contribution >= 4 is 17.6 Å². The highest BCUT2D eigenvalue weighted by molar-refractivity contribution is 5.60. The molecule has 29 heavy (non-hydrogen) atoms. The number of aromatic nitrogens is 3. The van der Waals surface area contributed by atoms with E-state index in [0.29, 0.717) is 30.6 Å². The lowest BCUT2D eigenvalue weighted by molar-refractivity contribution is -0.384. The van der Waals surface area contributed by atoms with Gasteiger partial charge in [0.2, 0.25) is 5.82 Å². The minimum atomic E-state index is -0.376. The van der Waals surface area contributed by atoms with Crippen LogP contribution in [-0.4, -0.2) is 33.1 Å². The van der Waals surface area contributed by atoms with Crippen LogP contribution in [0.4, 0.5) is 11.5 Å². The van der Waals surface area contributed by atoms with Crippen molar-refractivity contribution < 1.29 is 9.45 Å². The largest absolute Gasteiger partial charge is 0.350 e. The Morgan fingerprint density at radius 2 is 1.93 bits per heavy atom. The average Bonchev–Trinajstić information content (AvgIpc) is 3.17. The van der Waals surface area contributed by atoms with E-state index in [1.807, 2.05) is 49.1 Å². The zero-order valence-corrected chi connectivity index (χ0v) is 16.3. The fourth-order valence-electron chi connectivity index (χ4n) is 3.43. The number of hydrogen-bond acceptors (Lipinski definition) is 7. The Bertz CT molecular complexity index is 1080. The topological polar surface area (TPSA) is 98.2 Å². The molecule has 0 spiro atoms. The Hall–Kier alpha value is -3.55. The summed E-state index contributed by atoms with van der Waals surface area (Å²) in [7, 11) is 0. The van der Waals surface area contributed by atoms with E-state index < -0.39 is 0 Å². The van der Waals surface area contributed by atoms with Crippen molar-refractivity contribution in [1.82, 2.24) is 15.1 Å². The predicted octanol–water partition coefficient (Wildman–Crippen LogP) is 4.34. The third-order valence-electron chi connectivity index (χ3n) is 4.94. The van der Waals surface area contributed by atoms with Gasteiger partial charge in [-0.25, -0.2) is 4.98 Å². The second kappa shape index (κ2) is 7.83. The van der Waals surface area contributed by atoms with Gasteiger partial charge in [-0.2, -0.15) is 4.98 Å². The summed E-state index contributed by atoms with van der Waals surface area (Å²) in [6.45, 7) is 5.17. The predicted molar refractivity (Wildman–Crippen MR) is 110 cm³/mol. The number of benzene rings is 1. The van der Waals surface area contributed by atoms with Gasteiger partial charge in [-0.05, 0) is 51.0 Å². The molecule has 0 N–H and O–H groups in total. The molecule has 0 aliphatic carbocycles. The molecule has 3 aromatic rings. The molecular weight excluding hydrogens is 370 g/mol. The molecule has 8 heteroatoms. The Morgan fingerprint density at radius 1 is 1.14 bits per heavy atom. The molecular formula is C21H21N5O3. The maximum Gasteiger partial charge on any atom is 0.311 e. The quantitative estimate of drug-likeness (QED) is 0.482. The summed E-state index contributed by atoms with van der Waals surface area (Å²) in [6.07, 6.45) is 3.47. The second-order valence-electron chi connectivity index (χ2n) is 7.17. The minimum Gasteiger partial charge on any atom is -0.350 e. The number of hydrogen-bond donors (Lipinski definition) is 0. The number of nitro groups is 1. The molecule has 0 radical (unpaired) electrons. The van der Waals surface area contributed by atoms with Crippen LogP contribution in [0.15, 0.2) is 46.5 Å². The van der Waals surface area contributed by atoms with E-state index in [0.717, 1.165) is 29.7 Å². The summed E-state index contributed by atoms with van der Waals surface area (Å²) in [4.78, 5) is 21.8. The maximum atomic E-state index is 11.3. The van der Waals surface area contributed by atoms with E-state index in [4.69, 9.17) is 4.52 Å². The number of rotatable bonds is 4. The molecule has 1 fully saturated rings. The third-order valence-corrected chi connectivity index (χ3v) is 4.94. The third kappa shape index (κ3) is 4.16. The molecule has 0 bridgehead atoms. The summed E-state index contributed by atoms with van der Waals surface area (Å²) in [5, 5.41) is 15.4. The lowest BCUT2D eigenvalue weighted by Gasteiger charge is -2.29. The highest BCUT2D eigenvalue weighted by Crippen LogP contribution is 2.30. The van der Waals surface area contributed by atoms with E-state index in [-0.39, 0.29) is 10.6 Å². The fraction of sp³-hybridized carbons (Fsp3) is 0.286. The second-order valence-corrected chi connectivity index (χ2v) is 7.17. The van der Waals surface area contributed by atoms with Crippen molar-refractivity contribution in [3.63, 3.8) is 0 Å². The molecule has 0 atom stereocenters. The van der Waals surface area contributed by atoms with Crippen LogP contribution in [0, 0.1) is 24.0 Å². The van der Waals surface area contributed by atoms with Gasteiger partial charge in [-0.1, -0.05) is 28.4 Å². The van der Waals surface area contributed by atoms with Crippen LogP contribution in [0.25, 0.3) is 17.5 Å². The molecule has 1 aromatic carbocycles. The summed E-state index contributed by atoms with van der Waals surface area (Å²) >= 11 is 0. The van der Waals surface area contributed by atoms with Gasteiger partial charge in [0.15, 0.2) is 5.82 Å². The molecule has 3 heterocycles. The van der Waals surface area contributed by atoms with Gasteiger partial charge in [-0.15, -0.1) is 0 Å². The van der Waals surface area contributed by atoms with Gasteiger partial charge in [0, 0.05) is 30.4 Å². The zero-order valence-electron chi connectivity index (χ0n) is 16.3. The first-order valence-corrected chi connectivity index (χ1v) is 9.47. The number of nitrogens with zero attached hydrogens (tertiary/aromatic N) is 5. The van der Waals surface area contributed by atoms with Crippen LogP contribution in [0.1, 0.15) is 29.9 Å². The number of anilines is 1. The van der Waals surface area contributed by atoms with Crippen LogP contribution in [0.2, 0.25) is 0 Å². The average molecular weight is 391 g/mol. The highest BCUT2D eigenvalue weighted by atomic mass is 16.6. The van der Waals surface area contributed by atoms with E-state index in [2.05, 4.69) is 15.1 Å². The van der Waals surface area contributed by atoms with Crippen molar-refractivity contribution in [2.75, 3.05) is 18.0 Å².